The van der Waals surface area contributed by atoms with E-state index in [1.54, 1.807) is 0 Å². The lowest BCUT2D eigenvalue weighted by molar-refractivity contribution is 0.826. The summed E-state index contributed by atoms with van der Waals surface area (Å²) in [7, 11) is 1.52. The summed E-state index contributed by atoms with van der Waals surface area (Å²) in [6, 6.07) is 1.20. The van der Waals surface area contributed by atoms with Crippen molar-refractivity contribution >= 4 is 23.2 Å². The van der Waals surface area contributed by atoms with Crippen molar-refractivity contribution in [1.29, 1.82) is 0 Å². The van der Waals surface area contributed by atoms with Crippen LogP contribution in [0.25, 0.3) is 0 Å². The third-order valence-corrected chi connectivity index (χ3v) is 1.58. The van der Waals surface area contributed by atoms with Gasteiger partial charge in [0.1, 0.15) is 5.15 Å². The molecule has 0 unspecified atom stereocenters. The van der Waals surface area contributed by atoms with Crippen LogP contribution < -0.4 is 5.56 Å². The molecule has 0 bridgehead atoms. The molecule has 1 rings (SSSR count). The van der Waals surface area contributed by atoms with E-state index in [9.17, 15) is 4.79 Å². The average Bonchev–Trinajstić information content (AvgIpc) is 1.82. The lowest BCUT2D eigenvalue weighted by Gasteiger charge is -1.97. The molecule has 0 radical (unpaired) electrons. The van der Waals surface area contributed by atoms with E-state index in [2.05, 4.69) is 4.98 Å². The maximum Gasteiger partial charge on any atom is 0.255 e. The summed E-state index contributed by atoms with van der Waals surface area (Å²) in [5.74, 6) is 0. The highest BCUT2D eigenvalue weighted by molar-refractivity contribution is 6.31. The van der Waals surface area contributed by atoms with Gasteiger partial charge in [-0.25, -0.2) is 4.98 Å². The van der Waals surface area contributed by atoms with Gasteiger partial charge in [-0.15, -0.1) is 0 Å². The molecule has 1 heterocycles. The van der Waals surface area contributed by atoms with Crippen molar-refractivity contribution in [2.75, 3.05) is 0 Å². The largest absolute Gasteiger partial charge is 0.286 e. The molecule has 0 saturated carbocycles. The minimum absolute atomic E-state index is 0.0949. The number of hydrogen-bond donors (Lipinski definition) is 0. The number of hydrogen-bond acceptors (Lipinski definition) is 2. The van der Waals surface area contributed by atoms with Crippen LogP contribution in [0.4, 0.5) is 0 Å². The molecule has 0 aromatic carbocycles. The molecule has 0 aliphatic carbocycles. The van der Waals surface area contributed by atoms with Crippen LogP contribution in [0.2, 0.25) is 10.4 Å². The van der Waals surface area contributed by atoms with Gasteiger partial charge in [0.05, 0.1) is 0 Å². The molecule has 0 atom stereocenters. The molecule has 1 aromatic rings. The number of halogens is 2. The van der Waals surface area contributed by atoms with Crippen molar-refractivity contribution in [2.45, 2.75) is 0 Å². The van der Waals surface area contributed by atoms with Crippen LogP contribution in [0.15, 0.2) is 10.9 Å². The normalized spacial score (nSPS) is 9.90. The molecule has 0 aliphatic rings. The molecule has 0 spiro atoms. The van der Waals surface area contributed by atoms with Gasteiger partial charge in [0.2, 0.25) is 5.28 Å². The molecule has 0 aliphatic heterocycles. The summed E-state index contributed by atoms with van der Waals surface area (Å²) in [4.78, 5) is 14.4. The third kappa shape index (κ3) is 1.30. The second-order valence-electron chi connectivity index (χ2n) is 1.75. The van der Waals surface area contributed by atoms with E-state index < -0.39 is 0 Å². The van der Waals surface area contributed by atoms with Crippen molar-refractivity contribution in [3.63, 3.8) is 0 Å². The van der Waals surface area contributed by atoms with E-state index in [1.165, 1.54) is 17.7 Å². The number of aromatic nitrogens is 2. The van der Waals surface area contributed by atoms with Crippen LogP contribution in [0.3, 0.4) is 0 Å². The van der Waals surface area contributed by atoms with Crippen LogP contribution >= 0.6 is 23.2 Å². The van der Waals surface area contributed by atoms with Gasteiger partial charge in [-0.1, -0.05) is 11.6 Å². The average molecular weight is 179 g/mol. The molecule has 0 amide bonds. The van der Waals surface area contributed by atoms with Crippen LogP contribution in [0.5, 0.6) is 0 Å². The Balaban J connectivity index is 3.46. The molecule has 0 N–H and O–H groups in total. The molecule has 0 saturated heterocycles. The number of nitrogens with zero attached hydrogens (tertiary/aromatic N) is 2. The lowest BCUT2D eigenvalue weighted by Crippen LogP contribution is -2.16. The molecular weight excluding hydrogens is 175 g/mol. The summed E-state index contributed by atoms with van der Waals surface area (Å²) in [5, 5.41) is 0.214. The van der Waals surface area contributed by atoms with E-state index in [0.717, 1.165) is 0 Å². The summed E-state index contributed by atoms with van der Waals surface area (Å²) in [5.41, 5.74) is -0.259. The number of rotatable bonds is 0. The maximum atomic E-state index is 10.8. The predicted molar refractivity (Wildman–Crippen MR) is 39.5 cm³/mol. The van der Waals surface area contributed by atoms with Gasteiger partial charge >= 0.3 is 0 Å². The van der Waals surface area contributed by atoms with Gasteiger partial charge in [0.25, 0.3) is 5.56 Å². The summed E-state index contributed by atoms with van der Waals surface area (Å²) in [6.45, 7) is 0. The van der Waals surface area contributed by atoms with E-state index in [-0.39, 0.29) is 16.0 Å². The Morgan fingerprint density at radius 2 is 2.20 bits per heavy atom. The Morgan fingerprint density at radius 3 is 2.70 bits per heavy atom. The van der Waals surface area contributed by atoms with Crippen molar-refractivity contribution in [3.05, 3.63) is 26.9 Å². The van der Waals surface area contributed by atoms with E-state index in [0.29, 0.717) is 0 Å². The van der Waals surface area contributed by atoms with Gasteiger partial charge < -0.3 is 0 Å². The molecular formula is C5H4Cl2N2O. The van der Waals surface area contributed by atoms with Crippen molar-refractivity contribution < 1.29 is 0 Å². The highest BCUT2D eigenvalue weighted by Crippen LogP contribution is 2.04. The minimum atomic E-state index is -0.259. The SMILES string of the molecule is Cn1c(Cl)nc(Cl)cc1=O. The first kappa shape index (κ1) is 7.57. The quantitative estimate of drug-likeness (QED) is 0.441. The fourth-order valence-electron chi connectivity index (χ4n) is 0.485. The summed E-state index contributed by atoms with van der Waals surface area (Å²) >= 11 is 10.9. The standard InChI is InChI=1S/C5H4Cl2N2O/c1-9-4(10)2-3(6)8-5(9)7/h2H,1H3. The van der Waals surface area contributed by atoms with Crippen LogP contribution in [0, 0.1) is 0 Å². The lowest BCUT2D eigenvalue weighted by atomic mass is 10.6. The predicted octanol–water partition coefficient (Wildman–Crippen LogP) is 1.09. The highest BCUT2D eigenvalue weighted by Gasteiger charge is 1.98. The third-order valence-electron chi connectivity index (χ3n) is 1.05. The molecule has 1 aromatic heterocycles. The van der Waals surface area contributed by atoms with Gasteiger partial charge in [0.15, 0.2) is 0 Å². The van der Waals surface area contributed by atoms with Crippen molar-refractivity contribution in [2.24, 2.45) is 7.05 Å². The Bertz CT molecular complexity index is 307. The second kappa shape index (κ2) is 2.60. The molecule has 5 heteroatoms. The molecule has 54 valence electrons. The van der Waals surface area contributed by atoms with Gasteiger partial charge in [-0.05, 0) is 11.6 Å². The zero-order chi connectivity index (χ0) is 7.72. The van der Waals surface area contributed by atoms with Crippen LogP contribution in [-0.4, -0.2) is 9.55 Å². The van der Waals surface area contributed by atoms with Crippen molar-refractivity contribution in [1.82, 2.24) is 9.55 Å². The summed E-state index contributed by atoms with van der Waals surface area (Å²) in [6.07, 6.45) is 0. The Labute approximate surface area is 67.2 Å². The van der Waals surface area contributed by atoms with Gasteiger partial charge in [0, 0.05) is 13.1 Å². The molecule has 0 fully saturated rings. The smallest absolute Gasteiger partial charge is 0.255 e. The molecule has 3 nitrogen and oxygen atoms in total. The molecule has 10 heavy (non-hydrogen) atoms. The first-order chi connectivity index (χ1) is 4.61. The zero-order valence-electron chi connectivity index (χ0n) is 5.14. The Hall–Kier alpha value is -0.540. The summed E-state index contributed by atoms with van der Waals surface area (Å²) < 4.78 is 1.20. The topological polar surface area (TPSA) is 34.9 Å². The fourth-order valence-corrected chi connectivity index (χ4v) is 0.876. The van der Waals surface area contributed by atoms with Gasteiger partial charge in [-0.3, -0.25) is 9.36 Å². The monoisotopic (exact) mass is 178 g/mol. The van der Waals surface area contributed by atoms with E-state index in [4.69, 9.17) is 23.2 Å². The first-order valence-electron chi connectivity index (χ1n) is 2.50. The minimum Gasteiger partial charge on any atom is -0.286 e. The second-order valence-corrected chi connectivity index (χ2v) is 2.47. The van der Waals surface area contributed by atoms with Gasteiger partial charge in [-0.2, -0.15) is 0 Å². The highest BCUT2D eigenvalue weighted by atomic mass is 35.5. The van der Waals surface area contributed by atoms with Crippen LogP contribution in [-0.2, 0) is 7.05 Å². The van der Waals surface area contributed by atoms with E-state index in [1.807, 2.05) is 0 Å². The first-order valence-corrected chi connectivity index (χ1v) is 3.26. The maximum absolute atomic E-state index is 10.8. The fraction of sp³-hybridized carbons (Fsp3) is 0.200. The zero-order valence-corrected chi connectivity index (χ0v) is 6.65. The van der Waals surface area contributed by atoms with E-state index >= 15 is 0 Å². The Morgan fingerprint density at radius 1 is 1.60 bits per heavy atom. The van der Waals surface area contributed by atoms with Crippen LogP contribution in [0.1, 0.15) is 0 Å². The Kier molecular flexibility index (Phi) is 1.97. The van der Waals surface area contributed by atoms with Crippen molar-refractivity contribution in [3.8, 4) is 0 Å².